The number of hydrogen-bond acceptors (Lipinski definition) is 3. The number of benzene rings is 2. The Morgan fingerprint density at radius 3 is 2.55 bits per heavy atom. The quantitative estimate of drug-likeness (QED) is 0.667. The zero-order valence-electron chi connectivity index (χ0n) is 11.2. The molecule has 0 fully saturated rings. The Hall–Kier alpha value is -2.11. The van der Waals surface area contributed by atoms with Crippen molar-refractivity contribution in [1.29, 1.82) is 0 Å². The van der Waals surface area contributed by atoms with E-state index in [1.807, 2.05) is 0 Å². The lowest BCUT2D eigenvalue weighted by Crippen LogP contribution is -2.24. The highest BCUT2D eigenvalue weighted by molar-refractivity contribution is 6.38. The first-order chi connectivity index (χ1) is 10.6. The summed E-state index contributed by atoms with van der Waals surface area (Å²) in [6, 6.07) is 10.8. The molecule has 4 nitrogen and oxygen atoms in total. The number of carbonyl (C=O) groups is 1. The summed E-state index contributed by atoms with van der Waals surface area (Å²) in [4.78, 5) is 11.5. The van der Waals surface area contributed by atoms with Gasteiger partial charge in [-0.1, -0.05) is 41.4 Å². The number of carbonyl (C=O) groups excluding carboxylic acids is 1. The lowest BCUT2D eigenvalue weighted by Gasteiger charge is -2.05. The highest BCUT2D eigenvalue weighted by Gasteiger charge is 2.06. The Balaban J connectivity index is 1.88. The van der Waals surface area contributed by atoms with E-state index in [1.54, 1.807) is 24.3 Å². The smallest absolute Gasteiger partial charge is 0.277 e. The fraction of sp³-hybridized carbons (Fsp3) is 0.0667. The highest BCUT2D eigenvalue weighted by atomic mass is 35.5. The fourth-order valence-corrected chi connectivity index (χ4v) is 2.04. The van der Waals surface area contributed by atoms with Crippen molar-refractivity contribution in [2.24, 2.45) is 5.10 Å². The molecule has 1 N–H and O–H groups in total. The molecular weight excluding hydrogens is 330 g/mol. The maximum absolute atomic E-state index is 13.3. The van der Waals surface area contributed by atoms with Gasteiger partial charge in [0.2, 0.25) is 0 Å². The minimum atomic E-state index is -0.540. The van der Waals surface area contributed by atoms with E-state index in [4.69, 9.17) is 27.9 Å². The fourth-order valence-electron chi connectivity index (χ4n) is 1.54. The number of nitrogens with zero attached hydrogens (tertiary/aromatic N) is 1. The van der Waals surface area contributed by atoms with Crippen molar-refractivity contribution in [3.05, 3.63) is 63.9 Å². The van der Waals surface area contributed by atoms with Gasteiger partial charge in [0.05, 0.1) is 16.3 Å². The molecule has 0 radical (unpaired) electrons. The standard InChI is InChI=1S/C15H11Cl2FN2O2/c16-11-4-3-5-12(17)10(11)8-19-20-15(21)9-22-14-7-2-1-6-13(14)18/h1-8H,9H2,(H,20,21)/b19-8+. The van der Waals surface area contributed by atoms with Gasteiger partial charge in [-0.2, -0.15) is 5.10 Å². The first-order valence-corrected chi connectivity index (χ1v) is 6.97. The van der Waals surface area contributed by atoms with Gasteiger partial charge in [-0.05, 0) is 24.3 Å². The Morgan fingerprint density at radius 1 is 1.18 bits per heavy atom. The molecule has 0 heterocycles. The van der Waals surface area contributed by atoms with E-state index in [0.717, 1.165) is 0 Å². The first-order valence-electron chi connectivity index (χ1n) is 6.21. The number of hydrazone groups is 1. The number of halogens is 3. The summed E-state index contributed by atoms with van der Waals surface area (Å²) in [7, 11) is 0. The van der Waals surface area contributed by atoms with Crippen molar-refractivity contribution in [3.8, 4) is 5.75 Å². The lowest BCUT2D eigenvalue weighted by molar-refractivity contribution is -0.123. The number of amides is 1. The normalized spacial score (nSPS) is 10.7. The monoisotopic (exact) mass is 340 g/mol. The van der Waals surface area contributed by atoms with Crippen LogP contribution in [0.15, 0.2) is 47.6 Å². The summed E-state index contributed by atoms with van der Waals surface area (Å²) < 4.78 is 18.3. The van der Waals surface area contributed by atoms with Crippen LogP contribution in [-0.4, -0.2) is 18.7 Å². The molecule has 2 aromatic rings. The molecule has 0 bridgehead atoms. The van der Waals surface area contributed by atoms with Gasteiger partial charge in [-0.3, -0.25) is 4.79 Å². The van der Waals surface area contributed by atoms with Gasteiger partial charge in [0.1, 0.15) is 0 Å². The number of hydrogen-bond donors (Lipinski definition) is 1. The van der Waals surface area contributed by atoms with Crippen LogP contribution in [-0.2, 0) is 4.79 Å². The predicted octanol–water partition coefficient (Wildman–Crippen LogP) is 3.66. The SMILES string of the molecule is O=C(COc1ccccc1F)N/N=C/c1c(Cl)cccc1Cl. The minimum Gasteiger partial charge on any atom is -0.481 e. The van der Waals surface area contributed by atoms with E-state index in [1.165, 1.54) is 24.4 Å². The van der Waals surface area contributed by atoms with E-state index < -0.39 is 11.7 Å². The first kappa shape index (κ1) is 16.3. The van der Waals surface area contributed by atoms with Crippen LogP contribution >= 0.6 is 23.2 Å². The molecule has 1 amide bonds. The molecule has 0 unspecified atom stereocenters. The van der Waals surface area contributed by atoms with Crippen molar-refractivity contribution in [1.82, 2.24) is 5.43 Å². The second kappa shape index (κ2) is 7.77. The Labute approximate surface area is 136 Å². The van der Waals surface area contributed by atoms with Crippen LogP contribution in [0.2, 0.25) is 10.0 Å². The summed E-state index contributed by atoms with van der Waals surface area (Å²) in [6.07, 6.45) is 1.33. The van der Waals surface area contributed by atoms with Crippen LogP contribution in [0.1, 0.15) is 5.56 Å². The highest BCUT2D eigenvalue weighted by Crippen LogP contribution is 2.22. The number of nitrogens with one attached hydrogen (secondary N) is 1. The summed E-state index contributed by atoms with van der Waals surface area (Å²) >= 11 is 11.9. The van der Waals surface area contributed by atoms with Crippen LogP contribution in [0, 0.1) is 5.82 Å². The van der Waals surface area contributed by atoms with Crippen molar-refractivity contribution in [2.75, 3.05) is 6.61 Å². The number of ether oxygens (including phenoxy) is 1. The number of para-hydroxylation sites is 1. The van der Waals surface area contributed by atoms with Crippen molar-refractivity contribution in [2.45, 2.75) is 0 Å². The third-order valence-corrected chi connectivity index (χ3v) is 3.24. The molecule has 0 atom stereocenters. The van der Waals surface area contributed by atoms with E-state index in [2.05, 4.69) is 10.5 Å². The molecule has 114 valence electrons. The minimum absolute atomic E-state index is 0.00391. The van der Waals surface area contributed by atoms with Gasteiger partial charge in [-0.15, -0.1) is 0 Å². The molecule has 0 aliphatic carbocycles. The Bertz CT molecular complexity index is 687. The maximum atomic E-state index is 13.3. The molecule has 0 spiro atoms. The number of rotatable bonds is 5. The molecular formula is C15H11Cl2FN2O2. The molecule has 2 rings (SSSR count). The van der Waals surface area contributed by atoms with Crippen LogP contribution in [0.25, 0.3) is 0 Å². The van der Waals surface area contributed by atoms with Crippen molar-refractivity contribution >= 4 is 35.3 Å². The van der Waals surface area contributed by atoms with E-state index in [-0.39, 0.29) is 12.4 Å². The van der Waals surface area contributed by atoms with E-state index >= 15 is 0 Å². The Kier molecular flexibility index (Phi) is 5.75. The van der Waals surface area contributed by atoms with Crippen LogP contribution in [0.3, 0.4) is 0 Å². The Morgan fingerprint density at radius 2 is 1.86 bits per heavy atom. The third-order valence-electron chi connectivity index (χ3n) is 2.58. The van der Waals surface area contributed by atoms with Gasteiger partial charge in [0, 0.05) is 5.56 Å². The molecule has 0 saturated carbocycles. The second-order valence-electron chi connectivity index (χ2n) is 4.15. The maximum Gasteiger partial charge on any atom is 0.277 e. The second-order valence-corrected chi connectivity index (χ2v) is 4.96. The largest absolute Gasteiger partial charge is 0.481 e. The van der Waals surface area contributed by atoms with Crippen molar-refractivity contribution < 1.29 is 13.9 Å². The third kappa shape index (κ3) is 4.44. The van der Waals surface area contributed by atoms with Gasteiger partial charge >= 0.3 is 0 Å². The molecule has 0 aliphatic heterocycles. The molecule has 2 aromatic carbocycles. The molecule has 7 heteroatoms. The molecule has 0 saturated heterocycles. The molecule has 0 aliphatic rings. The summed E-state index contributed by atoms with van der Waals surface area (Å²) in [6.45, 7) is -0.367. The van der Waals surface area contributed by atoms with Crippen LogP contribution < -0.4 is 10.2 Å². The van der Waals surface area contributed by atoms with Crippen LogP contribution in [0.5, 0.6) is 5.75 Å². The lowest BCUT2D eigenvalue weighted by atomic mass is 10.2. The zero-order valence-corrected chi connectivity index (χ0v) is 12.7. The summed E-state index contributed by atoms with van der Waals surface area (Å²) in [5, 5.41) is 4.55. The van der Waals surface area contributed by atoms with E-state index in [0.29, 0.717) is 15.6 Å². The average molecular weight is 341 g/mol. The van der Waals surface area contributed by atoms with Gasteiger partial charge in [-0.25, -0.2) is 9.82 Å². The summed E-state index contributed by atoms with van der Waals surface area (Å²) in [5.41, 5.74) is 2.73. The summed E-state index contributed by atoms with van der Waals surface area (Å²) in [5.74, 6) is -1.08. The zero-order chi connectivity index (χ0) is 15.9. The van der Waals surface area contributed by atoms with Gasteiger partial charge in [0.25, 0.3) is 5.91 Å². The van der Waals surface area contributed by atoms with Gasteiger partial charge in [0.15, 0.2) is 18.2 Å². The predicted molar refractivity (Wildman–Crippen MR) is 84.1 cm³/mol. The molecule has 22 heavy (non-hydrogen) atoms. The van der Waals surface area contributed by atoms with Crippen molar-refractivity contribution in [3.63, 3.8) is 0 Å². The van der Waals surface area contributed by atoms with Crippen LogP contribution in [0.4, 0.5) is 4.39 Å². The average Bonchev–Trinajstić information content (AvgIpc) is 2.49. The molecule has 0 aromatic heterocycles. The van der Waals surface area contributed by atoms with Gasteiger partial charge < -0.3 is 4.74 Å². The topological polar surface area (TPSA) is 50.7 Å². The van der Waals surface area contributed by atoms with E-state index in [9.17, 15) is 9.18 Å².